The first kappa shape index (κ1) is 10.0. The lowest BCUT2D eigenvalue weighted by Crippen LogP contribution is -2.00. The second kappa shape index (κ2) is 4.84. The molecule has 0 aromatic heterocycles. The smallest absolute Gasteiger partial charge is 0.0682 e. The predicted molar refractivity (Wildman–Crippen MR) is 52.4 cm³/mol. The summed E-state index contributed by atoms with van der Waals surface area (Å²) in [6, 6.07) is 5.80. The van der Waals surface area contributed by atoms with Crippen molar-refractivity contribution in [2.45, 2.75) is 20.0 Å². The van der Waals surface area contributed by atoms with Gasteiger partial charge in [-0.3, -0.25) is 10.3 Å². The molecule has 2 N–H and O–H groups in total. The Labute approximate surface area is 78.3 Å². The Bertz CT molecular complexity index is 274. The number of nitrogens with one attached hydrogen (secondary N) is 1. The van der Waals surface area contributed by atoms with Gasteiger partial charge in [0.05, 0.1) is 19.4 Å². The number of aryl methyl sites for hydroxylation is 1. The van der Waals surface area contributed by atoms with E-state index < -0.39 is 0 Å². The van der Waals surface area contributed by atoms with Crippen molar-refractivity contribution in [1.82, 2.24) is 0 Å². The highest BCUT2D eigenvalue weighted by Gasteiger charge is 2.00. The molecular formula is C10H15NO2. The summed E-state index contributed by atoms with van der Waals surface area (Å²) in [7, 11) is 1.57. The maximum Gasteiger partial charge on any atom is 0.0682 e. The molecule has 0 heterocycles. The first-order chi connectivity index (χ1) is 6.31. The van der Waals surface area contributed by atoms with Crippen LogP contribution in [-0.4, -0.2) is 12.2 Å². The highest BCUT2D eigenvalue weighted by atomic mass is 16.6. The quantitative estimate of drug-likeness (QED) is 0.695. The molecule has 0 atom stereocenters. The topological polar surface area (TPSA) is 41.5 Å². The third-order valence-corrected chi connectivity index (χ3v) is 1.95. The van der Waals surface area contributed by atoms with Crippen LogP contribution >= 0.6 is 0 Å². The number of benzene rings is 1. The van der Waals surface area contributed by atoms with Crippen LogP contribution in [0.4, 0.5) is 5.69 Å². The maximum absolute atomic E-state index is 8.93. The molecule has 0 unspecified atom stereocenters. The first-order valence-corrected chi connectivity index (χ1v) is 4.33. The van der Waals surface area contributed by atoms with Crippen LogP contribution in [0.5, 0.6) is 0 Å². The van der Waals surface area contributed by atoms with E-state index in [2.05, 4.69) is 12.4 Å². The van der Waals surface area contributed by atoms with E-state index in [1.54, 1.807) is 7.11 Å². The Hall–Kier alpha value is -1.06. The lowest BCUT2D eigenvalue weighted by atomic mass is 10.1. The molecule has 1 aromatic rings. The SMILES string of the molecule is CCc1ccc(CO)cc1NOC. The molecule has 0 aliphatic heterocycles. The fraction of sp³-hybridized carbons (Fsp3) is 0.400. The number of anilines is 1. The molecule has 0 fully saturated rings. The van der Waals surface area contributed by atoms with Crippen molar-refractivity contribution >= 4 is 5.69 Å². The number of aliphatic hydroxyl groups is 1. The van der Waals surface area contributed by atoms with Gasteiger partial charge in [-0.15, -0.1) is 0 Å². The van der Waals surface area contributed by atoms with Gasteiger partial charge in [-0.1, -0.05) is 19.1 Å². The van der Waals surface area contributed by atoms with E-state index >= 15 is 0 Å². The van der Waals surface area contributed by atoms with Gasteiger partial charge in [0.2, 0.25) is 0 Å². The lowest BCUT2D eigenvalue weighted by molar-refractivity contribution is 0.269. The summed E-state index contributed by atoms with van der Waals surface area (Å²) in [6.07, 6.45) is 0.942. The molecule has 0 aliphatic rings. The largest absolute Gasteiger partial charge is 0.392 e. The summed E-state index contributed by atoms with van der Waals surface area (Å²) in [6.45, 7) is 2.14. The predicted octanol–water partition coefficient (Wildman–Crippen LogP) is 1.71. The van der Waals surface area contributed by atoms with E-state index in [4.69, 9.17) is 9.94 Å². The highest BCUT2D eigenvalue weighted by molar-refractivity contribution is 5.51. The van der Waals surface area contributed by atoms with E-state index in [0.717, 1.165) is 17.7 Å². The number of aliphatic hydroxyl groups excluding tert-OH is 1. The van der Waals surface area contributed by atoms with Crippen LogP contribution in [0.3, 0.4) is 0 Å². The zero-order valence-electron chi connectivity index (χ0n) is 8.00. The molecule has 13 heavy (non-hydrogen) atoms. The van der Waals surface area contributed by atoms with Crippen molar-refractivity contribution in [1.29, 1.82) is 0 Å². The number of rotatable bonds is 4. The molecule has 72 valence electrons. The minimum absolute atomic E-state index is 0.0579. The fourth-order valence-electron chi connectivity index (χ4n) is 1.24. The van der Waals surface area contributed by atoms with E-state index in [1.807, 2.05) is 18.2 Å². The summed E-state index contributed by atoms with van der Waals surface area (Å²) in [5.41, 5.74) is 5.78. The second-order valence-electron chi connectivity index (χ2n) is 2.81. The first-order valence-electron chi connectivity index (χ1n) is 4.33. The summed E-state index contributed by atoms with van der Waals surface area (Å²) in [5, 5.41) is 8.93. The van der Waals surface area contributed by atoms with Crippen LogP contribution in [0.2, 0.25) is 0 Å². The molecule has 0 aliphatic carbocycles. The lowest BCUT2D eigenvalue weighted by Gasteiger charge is -2.09. The van der Waals surface area contributed by atoms with Crippen molar-refractivity contribution in [3.8, 4) is 0 Å². The summed E-state index contributed by atoms with van der Waals surface area (Å²) < 4.78 is 0. The average Bonchev–Trinajstić information content (AvgIpc) is 2.18. The van der Waals surface area contributed by atoms with Gasteiger partial charge in [-0.05, 0) is 23.6 Å². The van der Waals surface area contributed by atoms with E-state index in [-0.39, 0.29) is 6.61 Å². The Morgan fingerprint density at radius 3 is 2.77 bits per heavy atom. The van der Waals surface area contributed by atoms with E-state index in [9.17, 15) is 0 Å². The van der Waals surface area contributed by atoms with E-state index in [0.29, 0.717) is 0 Å². The summed E-state index contributed by atoms with van der Waals surface area (Å²) in [5.74, 6) is 0. The van der Waals surface area contributed by atoms with Gasteiger partial charge >= 0.3 is 0 Å². The third kappa shape index (κ3) is 2.44. The van der Waals surface area contributed by atoms with Crippen LogP contribution in [0, 0.1) is 0 Å². The molecule has 0 saturated heterocycles. The van der Waals surface area contributed by atoms with Crippen molar-refractivity contribution < 1.29 is 9.94 Å². The molecule has 0 bridgehead atoms. The molecule has 1 aromatic carbocycles. The van der Waals surface area contributed by atoms with Gasteiger partial charge in [-0.25, -0.2) is 0 Å². The monoisotopic (exact) mass is 181 g/mol. The van der Waals surface area contributed by atoms with Crippen LogP contribution in [-0.2, 0) is 17.9 Å². The van der Waals surface area contributed by atoms with E-state index in [1.165, 1.54) is 5.56 Å². The standard InChI is InChI=1S/C10H15NO2/c1-3-9-5-4-8(7-12)6-10(9)11-13-2/h4-6,11-12H,3,7H2,1-2H3. The molecule has 0 radical (unpaired) electrons. The molecule has 0 amide bonds. The third-order valence-electron chi connectivity index (χ3n) is 1.95. The highest BCUT2D eigenvalue weighted by Crippen LogP contribution is 2.18. The van der Waals surface area contributed by atoms with Crippen molar-refractivity contribution in [2.24, 2.45) is 0 Å². The molecule has 3 heteroatoms. The Morgan fingerprint density at radius 1 is 1.46 bits per heavy atom. The summed E-state index contributed by atoms with van der Waals surface area (Å²) in [4.78, 5) is 4.84. The Balaban J connectivity index is 2.95. The maximum atomic E-state index is 8.93. The van der Waals surface area contributed by atoms with Gasteiger partial charge in [0.1, 0.15) is 0 Å². The van der Waals surface area contributed by atoms with Gasteiger partial charge < -0.3 is 5.11 Å². The zero-order valence-corrected chi connectivity index (χ0v) is 8.00. The van der Waals surface area contributed by atoms with Crippen LogP contribution < -0.4 is 5.48 Å². The van der Waals surface area contributed by atoms with Crippen LogP contribution in [0.25, 0.3) is 0 Å². The second-order valence-corrected chi connectivity index (χ2v) is 2.81. The number of hydrogen-bond donors (Lipinski definition) is 2. The molecule has 0 spiro atoms. The molecule has 0 saturated carbocycles. The van der Waals surface area contributed by atoms with Gasteiger partial charge in [-0.2, -0.15) is 0 Å². The normalized spacial score (nSPS) is 10.1. The fourth-order valence-corrected chi connectivity index (χ4v) is 1.24. The van der Waals surface area contributed by atoms with Crippen molar-refractivity contribution in [2.75, 3.05) is 12.6 Å². The molecular weight excluding hydrogens is 166 g/mol. The zero-order chi connectivity index (χ0) is 9.68. The van der Waals surface area contributed by atoms with Crippen LogP contribution in [0.1, 0.15) is 18.1 Å². The molecule has 3 nitrogen and oxygen atoms in total. The average molecular weight is 181 g/mol. The number of hydrogen-bond acceptors (Lipinski definition) is 3. The Kier molecular flexibility index (Phi) is 3.73. The van der Waals surface area contributed by atoms with Crippen molar-refractivity contribution in [3.63, 3.8) is 0 Å². The summed E-state index contributed by atoms with van der Waals surface area (Å²) >= 11 is 0. The van der Waals surface area contributed by atoms with Gasteiger partial charge in [0, 0.05) is 0 Å². The Morgan fingerprint density at radius 2 is 2.23 bits per heavy atom. The van der Waals surface area contributed by atoms with Crippen molar-refractivity contribution in [3.05, 3.63) is 29.3 Å². The van der Waals surface area contributed by atoms with Gasteiger partial charge in [0.15, 0.2) is 0 Å². The van der Waals surface area contributed by atoms with Gasteiger partial charge in [0.25, 0.3) is 0 Å². The minimum Gasteiger partial charge on any atom is -0.392 e. The van der Waals surface area contributed by atoms with Crippen LogP contribution in [0.15, 0.2) is 18.2 Å². The minimum atomic E-state index is 0.0579. The molecule has 1 rings (SSSR count).